The lowest BCUT2D eigenvalue weighted by molar-refractivity contribution is 0.0697. The van der Waals surface area contributed by atoms with Crippen molar-refractivity contribution in [1.29, 1.82) is 0 Å². The summed E-state index contributed by atoms with van der Waals surface area (Å²) in [6.45, 7) is 4.02. The highest BCUT2D eigenvalue weighted by atomic mass is 16.4. The molecule has 0 aliphatic carbocycles. The molecule has 0 aliphatic rings. The number of hydrogen-bond donors (Lipinski definition) is 3. The van der Waals surface area contributed by atoms with Crippen molar-refractivity contribution in [2.24, 2.45) is 7.05 Å². The van der Waals surface area contributed by atoms with E-state index in [1.165, 1.54) is 4.68 Å². The summed E-state index contributed by atoms with van der Waals surface area (Å²) in [6, 6.07) is 0. The van der Waals surface area contributed by atoms with E-state index in [0.29, 0.717) is 24.5 Å². The van der Waals surface area contributed by atoms with E-state index in [1.54, 1.807) is 20.9 Å². The molecule has 17 heavy (non-hydrogen) atoms. The maximum absolute atomic E-state index is 11.1. The third-order valence-corrected chi connectivity index (χ3v) is 2.53. The Morgan fingerprint density at radius 1 is 1.59 bits per heavy atom. The van der Waals surface area contributed by atoms with Crippen LogP contribution in [0.25, 0.3) is 0 Å². The molecule has 1 rings (SSSR count). The van der Waals surface area contributed by atoms with Gasteiger partial charge in [-0.25, -0.2) is 4.79 Å². The summed E-state index contributed by atoms with van der Waals surface area (Å²) in [7, 11) is 1.70. The van der Waals surface area contributed by atoms with Gasteiger partial charge in [0.1, 0.15) is 11.4 Å². The summed E-state index contributed by atoms with van der Waals surface area (Å²) in [5.41, 5.74) is 0.711. The number of carboxylic acids is 1. The van der Waals surface area contributed by atoms with Crippen molar-refractivity contribution in [3.8, 4) is 0 Å². The van der Waals surface area contributed by atoms with Crippen molar-refractivity contribution in [2.75, 3.05) is 11.9 Å². The van der Waals surface area contributed by atoms with Crippen molar-refractivity contribution in [3.63, 3.8) is 0 Å². The molecule has 0 aliphatic heterocycles. The Labute approximate surface area is 100 Å². The highest BCUT2D eigenvalue weighted by molar-refractivity contribution is 5.94. The molecule has 96 valence electrons. The maximum atomic E-state index is 11.1. The summed E-state index contributed by atoms with van der Waals surface area (Å²) in [5.74, 6) is -0.464. The summed E-state index contributed by atoms with van der Waals surface area (Å²) < 4.78 is 1.53. The number of aliphatic hydroxyl groups is 1. The summed E-state index contributed by atoms with van der Waals surface area (Å²) in [6.07, 6.45) is 1.14. The number of hydrogen-bond acceptors (Lipinski definition) is 4. The van der Waals surface area contributed by atoms with Gasteiger partial charge in [0, 0.05) is 13.6 Å². The van der Waals surface area contributed by atoms with Crippen LogP contribution in [0.2, 0.25) is 0 Å². The number of anilines is 1. The van der Waals surface area contributed by atoms with Gasteiger partial charge in [-0.1, -0.05) is 0 Å². The number of nitrogens with one attached hydrogen (secondary N) is 1. The van der Waals surface area contributed by atoms with Crippen LogP contribution < -0.4 is 5.32 Å². The number of aromatic carboxylic acids is 1. The molecule has 1 atom stereocenters. The van der Waals surface area contributed by atoms with Gasteiger partial charge in [-0.3, -0.25) is 4.68 Å². The van der Waals surface area contributed by atoms with E-state index in [-0.39, 0.29) is 11.7 Å². The number of carboxylic acid groups (broad SMARTS) is 1. The quantitative estimate of drug-likeness (QED) is 0.647. The van der Waals surface area contributed by atoms with Crippen LogP contribution in [0, 0.1) is 6.92 Å². The number of nitrogens with zero attached hydrogens (tertiary/aromatic N) is 2. The van der Waals surface area contributed by atoms with Crippen molar-refractivity contribution in [1.82, 2.24) is 9.78 Å². The Hall–Kier alpha value is -1.56. The molecule has 0 amide bonds. The first-order valence-corrected chi connectivity index (χ1v) is 5.62. The largest absolute Gasteiger partial charge is 0.477 e. The van der Waals surface area contributed by atoms with Crippen LogP contribution in [-0.4, -0.2) is 38.6 Å². The highest BCUT2D eigenvalue weighted by Crippen LogP contribution is 2.18. The van der Waals surface area contributed by atoms with Gasteiger partial charge in [0.05, 0.1) is 11.8 Å². The average molecular weight is 241 g/mol. The number of rotatable bonds is 6. The predicted molar refractivity (Wildman–Crippen MR) is 64.3 cm³/mol. The first kappa shape index (κ1) is 13.5. The van der Waals surface area contributed by atoms with Gasteiger partial charge in [-0.05, 0) is 26.7 Å². The molecule has 6 nitrogen and oxygen atoms in total. The second kappa shape index (κ2) is 5.67. The van der Waals surface area contributed by atoms with Gasteiger partial charge < -0.3 is 15.5 Å². The lowest BCUT2D eigenvalue weighted by atomic mass is 10.2. The van der Waals surface area contributed by atoms with E-state index in [9.17, 15) is 4.79 Å². The molecule has 0 bridgehead atoms. The fourth-order valence-electron chi connectivity index (χ4n) is 1.72. The molecule has 6 heteroatoms. The first-order valence-electron chi connectivity index (χ1n) is 5.62. The smallest absolute Gasteiger partial charge is 0.341 e. The topological polar surface area (TPSA) is 87.4 Å². The van der Waals surface area contributed by atoms with Gasteiger partial charge in [0.15, 0.2) is 0 Å². The SMILES string of the molecule is Cc1nn(C)c(NCCCC(C)O)c1C(=O)O. The normalized spacial score (nSPS) is 12.5. The van der Waals surface area contributed by atoms with Gasteiger partial charge in [0.25, 0.3) is 0 Å². The molecule has 0 aromatic carbocycles. The molecule has 0 spiro atoms. The second-order valence-corrected chi connectivity index (χ2v) is 4.16. The minimum atomic E-state index is -0.978. The second-order valence-electron chi connectivity index (χ2n) is 4.16. The zero-order valence-electron chi connectivity index (χ0n) is 10.4. The summed E-state index contributed by atoms with van der Waals surface area (Å²) in [4.78, 5) is 11.1. The Morgan fingerprint density at radius 2 is 2.24 bits per heavy atom. The summed E-state index contributed by atoms with van der Waals surface area (Å²) >= 11 is 0. The van der Waals surface area contributed by atoms with E-state index in [2.05, 4.69) is 10.4 Å². The van der Waals surface area contributed by atoms with Crippen LogP contribution in [0.5, 0.6) is 0 Å². The molecule has 1 heterocycles. The first-order chi connectivity index (χ1) is 7.93. The molecule has 0 saturated heterocycles. The Morgan fingerprint density at radius 3 is 2.76 bits per heavy atom. The molecule has 3 N–H and O–H groups in total. The third kappa shape index (κ3) is 3.45. The molecule has 0 radical (unpaired) electrons. The number of aryl methyl sites for hydroxylation is 2. The minimum absolute atomic E-state index is 0.213. The zero-order chi connectivity index (χ0) is 13.0. The molecule has 1 unspecified atom stereocenters. The number of carbonyl (C=O) groups is 1. The van der Waals surface area contributed by atoms with Crippen molar-refractivity contribution >= 4 is 11.8 Å². The zero-order valence-corrected chi connectivity index (χ0v) is 10.4. The Kier molecular flexibility index (Phi) is 4.51. The Balaban J connectivity index is 2.67. The van der Waals surface area contributed by atoms with Crippen LogP contribution in [0.4, 0.5) is 5.82 Å². The van der Waals surface area contributed by atoms with Crippen LogP contribution in [0.15, 0.2) is 0 Å². The minimum Gasteiger partial charge on any atom is -0.477 e. The van der Waals surface area contributed by atoms with E-state index in [0.717, 1.165) is 6.42 Å². The molecule has 1 aromatic rings. The number of aliphatic hydroxyl groups excluding tert-OH is 1. The van der Waals surface area contributed by atoms with E-state index < -0.39 is 5.97 Å². The van der Waals surface area contributed by atoms with Crippen LogP contribution in [-0.2, 0) is 7.05 Å². The van der Waals surface area contributed by atoms with E-state index in [1.807, 2.05) is 0 Å². The molecular weight excluding hydrogens is 222 g/mol. The van der Waals surface area contributed by atoms with Crippen LogP contribution in [0.3, 0.4) is 0 Å². The van der Waals surface area contributed by atoms with E-state index >= 15 is 0 Å². The van der Waals surface area contributed by atoms with Gasteiger partial charge >= 0.3 is 5.97 Å². The van der Waals surface area contributed by atoms with Gasteiger partial charge in [-0.2, -0.15) is 5.10 Å². The summed E-state index contributed by atoms with van der Waals surface area (Å²) in [5, 5.41) is 25.3. The fraction of sp³-hybridized carbons (Fsp3) is 0.636. The molecule has 0 fully saturated rings. The van der Waals surface area contributed by atoms with Gasteiger partial charge in [-0.15, -0.1) is 0 Å². The third-order valence-electron chi connectivity index (χ3n) is 2.53. The van der Waals surface area contributed by atoms with Crippen LogP contribution in [0.1, 0.15) is 35.8 Å². The number of aromatic nitrogens is 2. The van der Waals surface area contributed by atoms with Crippen molar-refractivity contribution in [2.45, 2.75) is 32.8 Å². The van der Waals surface area contributed by atoms with Gasteiger partial charge in [0.2, 0.25) is 0 Å². The lowest BCUT2D eigenvalue weighted by Gasteiger charge is -2.08. The van der Waals surface area contributed by atoms with E-state index in [4.69, 9.17) is 10.2 Å². The molecule has 1 aromatic heterocycles. The highest BCUT2D eigenvalue weighted by Gasteiger charge is 2.18. The molecular formula is C11H19N3O3. The van der Waals surface area contributed by atoms with Crippen molar-refractivity contribution in [3.05, 3.63) is 11.3 Å². The molecule has 0 saturated carbocycles. The Bertz CT molecular complexity index is 399. The monoisotopic (exact) mass is 241 g/mol. The fourth-order valence-corrected chi connectivity index (χ4v) is 1.72. The maximum Gasteiger partial charge on any atom is 0.341 e. The van der Waals surface area contributed by atoms with Crippen LogP contribution >= 0.6 is 0 Å². The van der Waals surface area contributed by atoms with Crippen molar-refractivity contribution < 1.29 is 15.0 Å². The lowest BCUT2D eigenvalue weighted by Crippen LogP contribution is -2.12. The standard InChI is InChI=1S/C11H19N3O3/c1-7(15)5-4-6-12-10-9(11(16)17)8(2)13-14(10)3/h7,12,15H,4-6H2,1-3H3,(H,16,17). The average Bonchev–Trinajstić information content (AvgIpc) is 2.48. The predicted octanol–water partition coefficient (Wildman–Crippen LogP) is 1.000.